The van der Waals surface area contributed by atoms with Crippen molar-refractivity contribution in [3.8, 4) is 0 Å². The van der Waals surface area contributed by atoms with Gasteiger partial charge in [-0.1, -0.05) is 43.2 Å². The number of rotatable bonds is 2. The lowest BCUT2D eigenvalue weighted by Gasteiger charge is -2.56. The van der Waals surface area contributed by atoms with E-state index < -0.39 is 11.3 Å². The molecule has 5 nitrogen and oxygen atoms in total. The zero-order valence-corrected chi connectivity index (χ0v) is 15.7. The number of piperazine rings is 1. The van der Waals surface area contributed by atoms with E-state index in [0.717, 1.165) is 38.8 Å². The monoisotopic (exact) mass is 345 g/mol. The molecule has 25 heavy (non-hydrogen) atoms. The van der Waals surface area contributed by atoms with Gasteiger partial charge in [-0.15, -0.1) is 0 Å². The second-order valence-electron chi connectivity index (χ2n) is 8.33. The summed E-state index contributed by atoms with van der Waals surface area (Å²) in [5.41, 5.74) is 7.24. The molecular formula is C20H31N3O2. The molecule has 2 N–H and O–H groups in total. The van der Waals surface area contributed by atoms with E-state index in [-0.39, 0.29) is 12.1 Å². The van der Waals surface area contributed by atoms with Crippen molar-refractivity contribution in [3.63, 3.8) is 0 Å². The van der Waals surface area contributed by atoms with E-state index >= 15 is 0 Å². The van der Waals surface area contributed by atoms with Crippen LogP contribution in [0.1, 0.15) is 52.0 Å². The van der Waals surface area contributed by atoms with Gasteiger partial charge >= 0.3 is 6.09 Å². The summed E-state index contributed by atoms with van der Waals surface area (Å²) in [5, 5.41) is 0. The van der Waals surface area contributed by atoms with Crippen LogP contribution >= 0.6 is 0 Å². The van der Waals surface area contributed by atoms with Crippen molar-refractivity contribution in [3.05, 3.63) is 35.9 Å². The Kier molecular flexibility index (Phi) is 5.07. The van der Waals surface area contributed by atoms with E-state index in [0.29, 0.717) is 6.54 Å². The summed E-state index contributed by atoms with van der Waals surface area (Å²) in [5.74, 6) is 0. The molecule has 2 atom stereocenters. The minimum Gasteiger partial charge on any atom is -0.444 e. The van der Waals surface area contributed by atoms with Crippen LogP contribution in [0.2, 0.25) is 0 Å². The Bertz CT molecular complexity index is 599. The van der Waals surface area contributed by atoms with Gasteiger partial charge in [-0.25, -0.2) is 4.79 Å². The molecule has 3 rings (SSSR count). The van der Waals surface area contributed by atoms with Crippen LogP contribution in [0.5, 0.6) is 0 Å². The molecule has 1 saturated heterocycles. The Labute approximate surface area is 151 Å². The molecule has 1 aromatic rings. The summed E-state index contributed by atoms with van der Waals surface area (Å²) in [6.07, 6.45) is 3.86. The molecular weight excluding hydrogens is 314 g/mol. The first-order valence-electron chi connectivity index (χ1n) is 9.37. The van der Waals surface area contributed by atoms with Gasteiger partial charge in [0.05, 0.1) is 11.7 Å². The Morgan fingerprint density at radius 3 is 2.64 bits per heavy atom. The predicted octanol–water partition coefficient (Wildman–Crippen LogP) is 3.34. The molecule has 0 bridgehead atoms. The quantitative estimate of drug-likeness (QED) is 0.893. The van der Waals surface area contributed by atoms with Crippen molar-refractivity contribution in [2.45, 2.75) is 70.3 Å². The fourth-order valence-corrected chi connectivity index (χ4v) is 4.12. The number of fused-ring (bicyclic) bond motifs is 1. The molecule has 1 aromatic carbocycles. The summed E-state index contributed by atoms with van der Waals surface area (Å²) in [6.45, 7) is 8.01. The highest BCUT2D eigenvalue weighted by Gasteiger charge is 2.50. The normalized spacial score (nSPS) is 27.7. The van der Waals surface area contributed by atoms with Crippen LogP contribution in [0.4, 0.5) is 4.79 Å². The molecule has 1 aliphatic heterocycles. The zero-order valence-electron chi connectivity index (χ0n) is 15.7. The summed E-state index contributed by atoms with van der Waals surface area (Å²) in [4.78, 5) is 17.0. The van der Waals surface area contributed by atoms with Crippen molar-refractivity contribution in [2.75, 3.05) is 13.1 Å². The molecule has 2 fully saturated rings. The molecule has 0 spiro atoms. The molecule has 5 heteroatoms. The van der Waals surface area contributed by atoms with Gasteiger partial charge in [0.1, 0.15) is 5.60 Å². The molecule has 138 valence electrons. The second kappa shape index (κ2) is 6.96. The highest BCUT2D eigenvalue weighted by Crippen LogP contribution is 2.37. The number of ether oxygens (including phenoxy) is 1. The van der Waals surface area contributed by atoms with Gasteiger partial charge in [-0.3, -0.25) is 4.90 Å². The van der Waals surface area contributed by atoms with Gasteiger partial charge in [-0.05, 0) is 39.2 Å². The van der Waals surface area contributed by atoms with Crippen LogP contribution in [0.15, 0.2) is 30.3 Å². The standard InChI is InChI=1S/C20H31N3O2/c1-19(2,3)25-18(24)23-14-13-22(15-16-9-5-4-6-10-16)20(21)12-8-7-11-17(20)23/h4-6,9-10,17H,7-8,11-15,21H2,1-3H3. The van der Waals surface area contributed by atoms with E-state index in [1.807, 2.05) is 31.7 Å². The van der Waals surface area contributed by atoms with Crippen LogP contribution in [-0.2, 0) is 11.3 Å². The fourth-order valence-electron chi connectivity index (χ4n) is 4.12. The number of carbonyl (C=O) groups excluding carboxylic acids is 1. The average Bonchev–Trinajstić information content (AvgIpc) is 2.54. The molecule has 0 aromatic heterocycles. The topological polar surface area (TPSA) is 58.8 Å². The summed E-state index contributed by atoms with van der Waals surface area (Å²) >= 11 is 0. The minimum atomic E-state index is -0.482. The van der Waals surface area contributed by atoms with Gasteiger partial charge in [0.2, 0.25) is 0 Å². The second-order valence-corrected chi connectivity index (χ2v) is 8.33. The lowest BCUT2D eigenvalue weighted by Crippen LogP contribution is -2.74. The number of hydrogen-bond acceptors (Lipinski definition) is 4. The highest BCUT2D eigenvalue weighted by molar-refractivity contribution is 5.69. The number of carbonyl (C=O) groups is 1. The third kappa shape index (κ3) is 3.98. The lowest BCUT2D eigenvalue weighted by atomic mass is 9.80. The summed E-state index contributed by atoms with van der Waals surface area (Å²) in [6, 6.07) is 10.5. The van der Waals surface area contributed by atoms with Gasteiger partial charge in [0.25, 0.3) is 0 Å². The smallest absolute Gasteiger partial charge is 0.410 e. The largest absolute Gasteiger partial charge is 0.444 e. The Hall–Kier alpha value is -1.59. The molecule has 2 unspecified atom stereocenters. The van der Waals surface area contributed by atoms with E-state index in [1.54, 1.807) is 0 Å². The van der Waals surface area contributed by atoms with Crippen LogP contribution in [0.3, 0.4) is 0 Å². The van der Waals surface area contributed by atoms with Crippen molar-refractivity contribution in [2.24, 2.45) is 5.73 Å². The van der Waals surface area contributed by atoms with Gasteiger partial charge < -0.3 is 15.4 Å². The van der Waals surface area contributed by atoms with Crippen LogP contribution in [0, 0.1) is 0 Å². The Morgan fingerprint density at radius 2 is 1.96 bits per heavy atom. The lowest BCUT2D eigenvalue weighted by molar-refractivity contribution is -0.0817. The maximum Gasteiger partial charge on any atom is 0.410 e. The SMILES string of the molecule is CC(C)(C)OC(=O)N1CCN(Cc2ccccc2)C2(N)CCCCC12. The maximum atomic E-state index is 12.7. The van der Waals surface area contributed by atoms with Gasteiger partial charge in [-0.2, -0.15) is 0 Å². The van der Waals surface area contributed by atoms with Crippen molar-refractivity contribution in [1.29, 1.82) is 0 Å². The number of benzene rings is 1. The summed E-state index contributed by atoms with van der Waals surface area (Å²) < 4.78 is 5.64. The van der Waals surface area contributed by atoms with E-state index in [1.165, 1.54) is 5.56 Å². The minimum absolute atomic E-state index is 0.0218. The van der Waals surface area contributed by atoms with Gasteiger partial charge in [0.15, 0.2) is 0 Å². The Balaban J connectivity index is 1.79. The predicted molar refractivity (Wildman–Crippen MR) is 99.0 cm³/mol. The number of amides is 1. The third-order valence-corrected chi connectivity index (χ3v) is 5.30. The fraction of sp³-hybridized carbons (Fsp3) is 0.650. The van der Waals surface area contributed by atoms with Crippen LogP contribution in [0.25, 0.3) is 0 Å². The van der Waals surface area contributed by atoms with Crippen LogP contribution in [-0.4, -0.2) is 46.3 Å². The van der Waals surface area contributed by atoms with E-state index in [4.69, 9.17) is 10.5 Å². The number of nitrogens with two attached hydrogens (primary N) is 1. The molecule has 2 aliphatic rings. The average molecular weight is 345 g/mol. The first kappa shape index (κ1) is 18.2. The zero-order chi connectivity index (χ0) is 18.1. The Morgan fingerprint density at radius 1 is 1.24 bits per heavy atom. The molecule has 1 heterocycles. The molecule has 0 radical (unpaired) electrons. The number of hydrogen-bond donors (Lipinski definition) is 1. The molecule has 1 aliphatic carbocycles. The highest BCUT2D eigenvalue weighted by atomic mass is 16.6. The first-order chi connectivity index (χ1) is 11.8. The molecule has 1 amide bonds. The maximum absolute atomic E-state index is 12.7. The van der Waals surface area contributed by atoms with Gasteiger partial charge in [0, 0.05) is 19.6 Å². The number of nitrogens with zero attached hydrogens (tertiary/aromatic N) is 2. The van der Waals surface area contributed by atoms with E-state index in [2.05, 4.69) is 29.2 Å². The van der Waals surface area contributed by atoms with Crippen molar-refractivity contribution < 1.29 is 9.53 Å². The van der Waals surface area contributed by atoms with E-state index in [9.17, 15) is 4.79 Å². The molecule has 1 saturated carbocycles. The summed E-state index contributed by atoms with van der Waals surface area (Å²) in [7, 11) is 0. The first-order valence-corrected chi connectivity index (χ1v) is 9.37. The third-order valence-electron chi connectivity index (χ3n) is 5.30. The van der Waals surface area contributed by atoms with Crippen LogP contribution < -0.4 is 5.73 Å². The van der Waals surface area contributed by atoms with Crippen molar-refractivity contribution in [1.82, 2.24) is 9.80 Å². The van der Waals surface area contributed by atoms with Crippen molar-refractivity contribution >= 4 is 6.09 Å².